The van der Waals surface area contributed by atoms with Gasteiger partial charge in [0.25, 0.3) is 0 Å². The van der Waals surface area contributed by atoms with Crippen LogP contribution in [0.1, 0.15) is 49.8 Å². The molecule has 25 heavy (non-hydrogen) atoms. The smallest absolute Gasteiger partial charge is 0.375 e. The van der Waals surface area contributed by atoms with E-state index < -0.39 is 11.7 Å². The number of aliphatic imine (C=N–C) groups is 1. The molecule has 1 rings (SSSR count). The Hall–Kier alpha value is -2.04. The van der Waals surface area contributed by atoms with Crippen LogP contribution in [-0.4, -0.2) is 25.2 Å². The molecule has 0 saturated carbocycles. The van der Waals surface area contributed by atoms with Crippen molar-refractivity contribution >= 4 is 12.3 Å². The van der Waals surface area contributed by atoms with Gasteiger partial charge in [0.15, 0.2) is 0 Å². The number of aryl methyl sites for hydroxylation is 1. The Kier molecular flexibility index (Phi) is 7.94. The zero-order valence-corrected chi connectivity index (χ0v) is 15.3. The Morgan fingerprint density at radius 3 is 2.44 bits per heavy atom. The number of likely N-dealkylation sites (N-methyl/N-ethyl adjacent to an activating group) is 1. The molecule has 2 nitrogen and oxygen atoms in total. The van der Waals surface area contributed by atoms with Crippen molar-refractivity contribution in [3.63, 3.8) is 0 Å². The maximum atomic E-state index is 13.6. The van der Waals surface area contributed by atoms with Crippen LogP contribution < -0.4 is 0 Å². The van der Waals surface area contributed by atoms with Gasteiger partial charge >= 0.3 is 6.18 Å². The third kappa shape index (κ3) is 5.76. The molecular formula is C20H27F3N2. The van der Waals surface area contributed by atoms with Gasteiger partial charge in [0.1, 0.15) is 0 Å². The highest BCUT2D eigenvalue weighted by Crippen LogP contribution is 2.38. The fourth-order valence-electron chi connectivity index (χ4n) is 2.58. The van der Waals surface area contributed by atoms with E-state index in [-0.39, 0.29) is 5.56 Å². The molecule has 0 bridgehead atoms. The Balaban J connectivity index is 3.38. The lowest BCUT2D eigenvalue weighted by molar-refractivity contribution is -0.137. The first-order chi connectivity index (χ1) is 11.8. The average Bonchev–Trinajstić information content (AvgIpc) is 2.58. The Morgan fingerprint density at radius 1 is 1.24 bits per heavy atom. The third-order valence-corrected chi connectivity index (χ3v) is 4.21. The summed E-state index contributed by atoms with van der Waals surface area (Å²) < 4.78 is 40.9. The number of benzene rings is 1. The number of hydrogen-bond acceptors (Lipinski definition) is 2. The fourth-order valence-corrected chi connectivity index (χ4v) is 2.58. The molecule has 0 radical (unpaired) electrons. The molecule has 0 heterocycles. The predicted molar refractivity (Wildman–Crippen MR) is 99.6 cm³/mol. The molecule has 1 aromatic carbocycles. The van der Waals surface area contributed by atoms with E-state index in [0.717, 1.165) is 19.3 Å². The molecule has 0 spiro atoms. The van der Waals surface area contributed by atoms with E-state index in [1.807, 2.05) is 6.92 Å². The largest absolute Gasteiger partial charge is 0.417 e. The highest BCUT2D eigenvalue weighted by atomic mass is 19.4. The summed E-state index contributed by atoms with van der Waals surface area (Å²) in [4.78, 5) is 5.47. The van der Waals surface area contributed by atoms with Crippen molar-refractivity contribution in [2.45, 2.75) is 45.7 Å². The minimum Gasteiger partial charge on any atom is -0.375 e. The molecule has 5 heteroatoms. The predicted octanol–water partition coefficient (Wildman–Crippen LogP) is 5.95. The summed E-state index contributed by atoms with van der Waals surface area (Å²) in [6, 6.07) is 4.54. The summed E-state index contributed by atoms with van der Waals surface area (Å²) in [6.45, 7) is 11.9. The molecule has 0 amide bonds. The van der Waals surface area contributed by atoms with Crippen molar-refractivity contribution in [1.82, 2.24) is 4.90 Å². The lowest BCUT2D eigenvalue weighted by atomic mass is 9.94. The molecule has 0 aliphatic heterocycles. The van der Waals surface area contributed by atoms with Crippen LogP contribution in [0.2, 0.25) is 0 Å². The highest BCUT2D eigenvalue weighted by Gasteiger charge is 2.35. The van der Waals surface area contributed by atoms with E-state index >= 15 is 0 Å². The van der Waals surface area contributed by atoms with Gasteiger partial charge in [0.05, 0.1) is 5.56 Å². The highest BCUT2D eigenvalue weighted by molar-refractivity contribution is 5.80. The van der Waals surface area contributed by atoms with Gasteiger partial charge in [-0.2, -0.15) is 13.2 Å². The zero-order chi connectivity index (χ0) is 19.0. The number of hydrogen-bond donors (Lipinski definition) is 0. The summed E-state index contributed by atoms with van der Waals surface area (Å²) in [5.41, 5.74) is 0.960. The second kappa shape index (κ2) is 9.44. The number of rotatable bonds is 9. The zero-order valence-electron chi connectivity index (χ0n) is 15.3. The van der Waals surface area contributed by atoms with Crippen molar-refractivity contribution in [3.8, 4) is 0 Å². The Morgan fingerprint density at radius 2 is 1.92 bits per heavy atom. The maximum Gasteiger partial charge on any atom is 0.417 e. The van der Waals surface area contributed by atoms with Crippen molar-refractivity contribution in [2.24, 2.45) is 4.99 Å². The van der Waals surface area contributed by atoms with Crippen molar-refractivity contribution < 1.29 is 13.2 Å². The van der Waals surface area contributed by atoms with Crippen LogP contribution in [0, 0.1) is 0 Å². The van der Waals surface area contributed by atoms with Gasteiger partial charge in [-0.3, -0.25) is 4.99 Å². The van der Waals surface area contributed by atoms with Gasteiger partial charge in [0.2, 0.25) is 0 Å². The normalized spacial score (nSPS) is 12.2. The SMILES string of the molecule is C=N/C=C(\C(=C)N(C)CC)c1ccc(CCCCC)cc1C(F)(F)F. The third-order valence-electron chi connectivity index (χ3n) is 4.21. The van der Waals surface area contributed by atoms with Crippen LogP contribution in [0.25, 0.3) is 5.57 Å². The molecule has 0 saturated heterocycles. The Bertz CT molecular complexity index is 630. The van der Waals surface area contributed by atoms with E-state index in [1.54, 1.807) is 18.0 Å². The molecule has 0 unspecified atom stereocenters. The van der Waals surface area contributed by atoms with Gasteiger partial charge in [-0.15, -0.1) is 0 Å². The van der Waals surface area contributed by atoms with Crippen LogP contribution in [0.5, 0.6) is 0 Å². The monoisotopic (exact) mass is 352 g/mol. The molecule has 0 aliphatic rings. The van der Waals surface area contributed by atoms with Crippen molar-refractivity contribution in [2.75, 3.05) is 13.6 Å². The summed E-state index contributed by atoms with van der Waals surface area (Å²) in [5.74, 6) is 0. The first kappa shape index (κ1) is 21.0. The molecule has 0 aliphatic carbocycles. The number of allylic oxidation sites excluding steroid dienone is 1. The second-order valence-electron chi connectivity index (χ2n) is 6.02. The van der Waals surface area contributed by atoms with Crippen LogP contribution in [0.15, 0.2) is 41.7 Å². The minimum absolute atomic E-state index is 0.0874. The van der Waals surface area contributed by atoms with E-state index in [1.165, 1.54) is 18.3 Å². The molecular weight excluding hydrogens is 325 g/mol. The van der Waals surface area contributed by atoms with Crippen LogP contribution in [0.3, 0.4) is 0 Å². The van der Waals surface area contributed by atoms with Gasteiger partial charge in [-0.05, 0) is 43.7 Å². The van der Waals surface area contributed by atoms with Gasteiger partial charge in [-0.25, -0.2) is 0 Å². The maximum absolute atomic E-state index is 13.6. The van der Waals surface area contributed by atoms with Gasteiger partial charge in [0, 0.05) is 31.1 Å². The molecule has 0 N–H and O–H groups in total. The summed E-state index contributed by atoms with van der Waals surface area (Å²) in [6.07, 6.45) is 0.469. The van der Waals surface area contributed by atoms with Crippen LogP contribution in [-0.2, 0) is 12.6 Å². The lowest BCUT2D eigenvalue weighted by Crippen LogP contribution is -2.19. The van der Waals surface area contributed by atoms with Gasteiger partial charge in [-0.1, -0.05) is 38.5 Å². The van der Waals surface area contributed by atoms with Crippen LogP contribution >= 0.6 is 0 Å². The molecule has 138 valence electrons. The molecule has 1 aromatic rings. The second-order valence-corrected chi connectivity index (χ2v) is 6.02. The first-order valence-electron chi connectivity index (χ1n) is 8.53. The number of unbranched alkanes of at least 4 members (excludes halogenated alkanes) is 2. The summed E-state index contributed by atoms with van der Waals surface area (Å²) in [5, 5.41) is 0. The van der Waals surface area contributed by atoms with Crippen molar-refractivity contribution in [1.29, 1.82) is 0 Å². The topological polar surface area (TPSA) is 15.6 Å². The quantitative estimate of drug-likeness (QED) is 0.305. The van der Waals surface area contributed by atoms with E-state index in [4.69, 9.17) is 0 Å². The van der Waals surface area contributed by atoms with E-state index in [2.05, 4.69) is 25.2 Å². The van der Waals surface area contributed by atoms with Crippen LogP contribution in [0.4, 0.5) is 13.2 Å². The van der Waals surface area contributed by atoms with Gasteiger partial charge < -0.3 is 4.90 Å². The van der Waals surface area contributed by atoms with E-state index in [9.17, 15) is 13.2 Å². The lowest BCUT2D eigenvalue weighted by Gasteiger charge is -2.24. The standard InChI is InChI=1S/C20H27F3N2/c1-6-8-9-10-16-11-12-17(19(13-16)20(21,22)23)18(14-24-4)15(3)25(5)7-2/h11-14H,3-4,6-10H2,1-2,5H3/b18-14+. The number of alkyl halides is 3. The Labute approximate surface area is 148 Å². The van der Waals surface area contributed by atoms with Crippen molar-refractivity contribution in [3.05, 3.63) is 53.4 Å². The molecule has 0 fully saturated rings. The van der Waals surface area contributed by atoms with E-state index in [0.29, 0.717) is 29.8 Å². The summed E-state index contributed by atoms with van der Waals surface area (Å²) >= 11 is 0. The minimum atomic E-state index is -4.44. The number of nitrogens with zero attached hydrogens (tertiary/aromatic N) is 2. The first-order valence-corrected chi connectivity index (χ1v) is 8.53. The summed E-state index contributed by atoms with van der Waals surface area (Å²) in [7, 11) is 1.78. The molecule has 0 atom stereocenters. The number of halogens is 3. The fraction of sp³-hybridized carbons (Fsp3) is 0.450. The average molecular weight is 352 g/mol. The molecule has 0 aromatic heterocycles.